The van der Waals surface area contributed by atoms with Gasteiger partial charge in [-0.3, -0.25) is 19.8 Å². The molecule has 2 aromatic rings. The van der Waals surface area contributed by atoms with Gasteiger partial charge in [-0.25, -0.2) is 4.79 Å². The predicted molar refractivity (Wildman–Crippen MR) is 97.6 cm³/mol. The van der Waals surface area contributed by atoms with Gasteiger partial charge in [0.15, 0.2) is 5.11 Å². The number of carboxylic acid groups (broad SMARTS) is 1. The zero-order chi connectivity index (χ0) is 19.0. The third-order valence-corrected chi connectivity index (χ3v) is 4.40. The van der Waals surface area contributed by atoms with E-state index in [2.05, 4.69) is 5.32 Å². The first-order valence-corrected chi connectivity index (χ1v) is 8.04. The maximum Gasteiger partial charge on any atom is 0.335 e. The van der Waals surface area contributed by atoms with Gasteiger partial charge in [-0.05, 0) is 48.6 Å². The molecule has 9 heteroatoms. The maximum atomic E-state index is 12.2. The van der Waals surface area contributed by atoms with Gasteiger partial charge >= 0.3 is 5.97 Å². The van der Waals surface area contributed by atoms with Crippen LogP contribution < -0.4 is 5.32 Å². The Morgan fingerprint density at radius 2 is 2.04 bits per heavy atom. The monoisotopic (exact) mass is 390 g/mol. The molecule has 3 rings (SSSR count). The molecule has 0 saturated carbocycles. The molecule has 0 spiro atoms. The summed E-state index contributed by atoms with van der Waals surface area (Å²) < 4.78 is 5.61. The molecule has 1 aromatic heterocycles. The van der Waals surface area contributed by atoms with Crippen LogP contribution in [0.5, 0.6) is 0 Å². The number of carbonyl (C=O) groups is 3. The topological polar surface area (TPSA) is 99.8 Å². The second-order valence-corrected chi connectivity index (χ2v) is 6.18. The first kappa shape index (κ1) is 17.8. The van der Waals surface area contributed by atoms with Crippen LogP contribution >= 0.6 is 23.8 Å². The fourth-order valence-corrected chi connectivity index (χ4v) is 2.70. The number of nitrogens with one attached hydrogen (secondary N) is 1. The Kier molecular flexibility index (Phi) is 4.62. The van der Waals surface area contributed by atoms with Crippen molar-refractivity contribution in [1.29, 1.82) is 0 Å². The number of benzene rings is 1. The van der Waals surface area contributed by atoms with Gasteiger partial charge in [0.1, 0.15) is 17.1 Å². The molecule has 0 bridgehead atoms. The molecule has 0 unspecified atom stereocenters. The first-order chi connectivity index (χ1) is 12.3. The summed E-state index contributed by atoms with van der Waals surface area (Å²) in [6, 6.07) is 7.32. The number of amides is 2. The molecule has 1 fully saturated rings. The Hall–Kier alpha value is -2.97. The number of likely N-dealkylation sites (N-methyl/N-ethyl adjacent to an activating group) is 1. The van der Waals surface area contributed by atoms with Gasteiger partial charge in [-0.15, -0.1) is 0 Å². The number of carboxylic acids is 1. The third-order valence-electron chi connectivity index (χ3n) is 3.70. The molecule has 1 aromatic carbocycles. The van der Waals surface area contributed by atoms with Crippen molar-refractivity contribution in [3.63, 3.8) is 0 Å². The Morgan fingerprint density at radius 3 is 2.73 bits per heavy atom. The molecule has 1 aliphatic heterocycles. The number of thiocarbonyl (C=S) groups is 1. The van der Waals surface area contributed by atoms with Crippen LogP contribution in [-0.2, 0) is 9.59 Å². The van der Waals surface area contributed by atoms with E-state index >= 15 is 0 Å². The molecule has 2 N–H and O–H groups in total. The van der Waals surface area contributed by atoms with Crippen LogP contribution in [0.4, 0.5) is 0 Å². The Balaban J connectivity index is 1.97. The van der Waals surface area contributed by atoms with E-state index in [9.17, 15) is 14.4 Å². The lowest BCUT2D eigenvalue weighted by Gasteiger charge is -2.24. The lowest BCUT2D eigenvalue weighted by molar-refractivity contribution is -0.128. The average Bonchev–Trinajstić information content (AvgIpc) is 3.05. The van der Waals surface area contributed by atoms with Crippen molar-refractivity contribution in [3.05, 3.63) is 52.3 Å². The molecular weight excluding hydrogens is 380 g/mol. The summed E-state index contributed by atoms with van der Waals surface area (Å²) >= 11 is 11.0. The van der Waals surface area contributed by atoms with Crippen LogP contribution in [0.25, 0.3) is 17.4 Å². The fraction of sp³-hybridized carbons (Fsp3) is 0.0588. The van der Waals surface area contributed by atoms with E-state index in [0.717, 1.165) is 4.90 Å². The largest absolute Gasteiger partial charge is 0.478 e. The van der Waals surface area contributed by atoms with E-state index in [1.165, 1.54) is 31.3 Å². The van der Waals surface area contributed by atoms with Crippen molar-refractivity contribution in [3.8, 4) is 11.3 Å². The number of rotatable bonds is 3. The lowest BCUT2D eigenvalue weighted by Crippen LogP contribution is -2.52. The number of furan rings is 1. The predicted octanol–water partition coefficient (Wildman–Crippen LogP) is 2.55. The van der Waals surface area contributed by atoms with Crippen molar-refractivity contribution in [2.24, 2.45) is 0 Å². The maximum absolute atomic E-state index is 12.2. The van der Waals surface area contributed by atoms with Crippen molar-refractivity contribution in [2.45, 2.75) is 0 Å². The van der Waals surface area contributed by atoms with Gasteiger partial charge in [0, 0.05) is 12.6 Å². The van der Waals surface area contributed by atoms with Crippen LogP contribution in [0.15, 0.2) is 40.3 Å². The Bertz CT molecular complexity index is 995. The SMILES string of the molecule is CN1C(=O)/C(=C/c2ccc(-c3cc(C(=O)O)ccc3Cl)o2)C(=O)NC1=S. The molecule has 1 aliphatic rings. The number of carbonyl (C=O) groups excluding carboxylic acids is 2. The highest BCUT2D eigenvalue weighted by Crippen LogP contribution is 2.31. The van der Waals surface area contributed by atoms with E-state index < -0.39 is 17.8 Å². The summed E-state index contributed by atoms with van der Waals surface area (Å²) in [4.78, 5) is 36.4. The molecule has 132 valence electrons. The van der Waals surface area contributed by atoms with E-state index in [-0.39, 0.29) is 22.0 Å². The van der Waals surface area contributed by atoms with Gasteiger partial charge in [0.2, 0.25) is 0 Å². The minimum absolute atomic E-state index is 0.0227. The summed E-state index contributed by atoms with van der Waals surface area (Å²) in [7, 11) is 1.45. The summed E-state index contributed by atoms with van der Waals surface area (Å²) in [6.45, 7) is 0. The smallest absolute Gasteiger partial charge is 0.335 e. The number of aromatic carboxylic acids is 1. The highest BCUT2D eigenvalue weighted by molar-refractivity contribution is 7.80. The van der Waals surface area contributed by atoms with Crippen molar-refractivity contribution in [1.82, 2.24) is 10.2 Å². The number of nitrogens with zero attached hydrogens (tertiary/aromatic N) is 1. The molecule has 1 saturated heterocycles. The van der Waals surface area contributed by atoms with Gasteiger partial charge in [-0.1, -0.05) is 11.6 Å². The number of hydrogen-bond donors (Lipinski definition) is 2. The first-order valence-electron chi connectivity index (χ1n) is 7.26. The van der Waals surface area contributed by atoms with E-state index in [1.54, 1.807) is 12.1 Å². The molecule has 2 amide bonds. The molecule has 0 atom stereocenters. The average molecular weight is 391 g/mol. The second kappa shape index (κ2) is 6.74. The van der Waals surface area contributed by atoms with Crippen LogP contribution in [0.2, 0.25) is 5.02 Å². The van der Waals surface area contributed by atoms with E-state index in [0.29, 0.717) is 16.3 Å². The van der Waals surface area contributed by atoms with E-state index in [4.69, 9.17) is 33.3 Å². The molecule has 2 heterocycles. The van der Waals surface area contributed by atoms with Gasteiger partial charge in [-0.2, -0.15) is 0 Å². The lowest BCUT2D eigenvalue weighted by atomic mass is 10.1. The fourth-order valence-electron chi connectivity index (χ4n) is 2.31. The minimum Gasteiger partial charge on any atom is -0.478 e. The standard InChI is InChI=1S/C17H11ClN2O5S/c1-20-15(22)11(14(21)19-17(20)26)7-9-3-5-13(25-9)10-6-8(16(23)24)2-4-12(10)18/h2-7H,1H3,(H,23,24)(H,19,21,26)/b11-7+. The van der Waals surface area contributed by atoms with Crippen LogP contribution in [-0.4, -0.2) is 40.0 Å². The van der Waals surface area contributed by atoms with E-state index in [1.807, 2.05) is 0 Å². The molecule has 26 heavy (non-hydrogen) atoms. The third kappa shape index (κ3) is 3.24. The molecular formula is C17H11ClN2O5S. The van der Waals surface area contributed by atoms with Crippen LogP contribution in [0, 0.1) is 0 Å². The van der Waals surface area contributed by atoms with Crippen LogP contribution in [0.3, 0.4) is 0 Å². The summed E-state index contributed by atoms with van der Waals surface area (Å²) in [6.07, 6.45) is 1.29. The summed E-state index contributed by atoms with van der Waals surface area (Å²) in [5.74, 6) is -1.74. The zero-order valence-electron chi connectivity index (χ0n) is 13.3. The Morgan fingerprint density at radius 1 is 1.31 bits per heavy atom. The highest BCUT2D eigenvalue weighted by Gasteiger charge is 2.31. The molecule has 7 nitrogen and oxygen atoms in total. The summed E-state index contributed by atoms with van der Waals surface area (Å²) in [5, 5.41) is 11.8. The van der Waals surface area contributed by atoms with Gasteiger partial charge in [0.05, 0.1) is 10.6 Å². The molecule has 0 radical (unpaired) electrons. The highest BCUT2D eigenvalue weighted by atomic mass is 35.5. The van der Waals surface area contributed by atoms with Crippen molar-refractivity contribution >= 4 is 52.8 Å². The summed E-state index contributed by atoms with van der Waals surface area (Å²) in [5.41, 5.74) is 0.305. The van der Waals surface area contributed by atoms with Crippen molar-refractivity contribution in [2.75, 3.05) is 7.05 Å². The molecule has 0 aliphatic carbocycles. The van der Waals surface area contributed by atoms with Gasteiger partial charge in [0.25, 0.3) is 11.8 Å². The second-order valence-electron chi connectivity index (χ2n) is 5.38. The number of hydrogen-bond acceptors (Lipinski definition) is 5. The minimum atomic E-state index is -1.10. The normalized spacial score (nSPS) is 16.2. The quantitative estimate of drug-likeness (QED) is 0.474. The van der Waals surface area contributed by atoms with Crippen LogP contribution in [0.1, 0.15) is 16.1 Å². The Labute approximate surface area is 157 Å². The van der Waals surface area contributed by atoms with Gasteiger partial charge < -0.3 is 9.52 Å². The van der Waals surface area contributed by atoms with Crippen molar-refractivity contribution < 1.29 is 23.9 Å². The number of halogens is 1. The zero-order valence-corrected chi connectivity index (χ0v) is 14.9.